The maximum absolute atomic E-state index is 13.2. The zero-order chi connectivity index (χ0) is 25.2. The molecule has 3 aliphatic rings. The molecule has 4 rings (SSSR count). The highest BCUT2D eigenvalue weighted by Crippen LogP contribution is 2.33. The first-order valence-electron chi connectivity index (χ1n) is 10.8. The molecule has 1 aromatic heterocycles. The van der Waals surface area contributed by atoms with Crippen molar-refractivity contribution >= 4 is 17.8 Å². The van der Waals surface area contributed by atoms with E-state index in [0.717, 1.165) is 0 Å². The van der Waals surface area contributed by atoms with E-state index >= 15 is 0 Å². The lowest BCUT2D eigenvalue weighted by Crippen LogP contribution is -2.56. The maximum Gasteiger partial charge on any atom is 0.405 e. The molecule has 3 aliphatic heterocycles. The van der Waals surface area contributed by atoms with Gasteiger partial charge in [0, 0.05) is 13.1 Å². The van der Waals surface area contributed by atoms with Crippen LogP contribution in [-0.4, -0.2) is 99.1 Å². The summed E-state index contributed by atoms with van der Waals surface area (Å²) in [6, 6.07) is -1.86. The average molecular weight is 499 g/mol. The quantitative estimate of drug-likeness (QED) is 0.335. The van der Waals surface area contributed by atoms with Crippen LogP contribution in [-0.2, 0) is 4.79 Å². The lowest BCUT2D eigenvalue weighted by molar-refractivity contribution is -0.138. The molecule has 0 saturated carbocycles. The van der Waals surface area contributed by atoms with Gasteiger partial charge in [0.15, 0.2) is 5.82 Å². The smallest absolute Gasteiger partial charge is 0.405 e. The molecule has 4 heterocycles. The number of nitrogens with one attached hydrogen (secondary N) is 3. The largest absolute Gasteiger partial charge is 0.474 e. The number of aliphatic hydroxyl groups excluding tert-OH is 2. The number of alkyl halides is 3. The normalized spacial score (nSPS) is 21.9. The van der Waals surface area contributed by atoms with Crippen LogP contribution in [0.4, 0.5) is 23.8 Å². The highest BCUT2D eigenvalue weighted by molar-refractivity contribution is 5.91. The Bertz CT molecular complexity index is 1020. The number of aromatic nitrogens is 2. The number of anilines is 1. The fourth-order valence-electron chi connectivity index (χ4n) is 3.91. The molecule has 12 nitrogen and oxygen atoms in total. The van der Waals surface area contributed by atoms with Crippen LogP contribution in [0.2, 0.25) is 0 Å². The van der Waals surface area contributed by atoms with Crippen LogP contribution in [0, 0.1) is 0 Å². The van der Waals surface area contributed by atoms with E-state index in [1.54, 1.807) is 6.08 Å². The van der Waals surface area contributed by atoms with Gasteiger partial charge in [-0.3, -0.25) is 15.0 Å². The molecule has 0 radical (unpaired) electrons. The van der Waals surface area contributed by atoms with E-state index in [1.165, 1.54) is 23.4 Å². The third-order valence-corrected chi connectivity index (χ3v) is 5.55. The number of urea groups is 1. The SMILES string of the molecule is O=C(NCC(F)(F)F)C1C=CC2=C(N1)N(C(=O)Nc1cnc(OC[C@H](O)CO)cn1)C1CCN2C1. The van der Waals surface area contributed by atoms with Crippen molar-refractivity contribution in [2.45, 2.75) is 30.8 Å². The zero-order valence-electron chi connectivity index (χ0n) is 18.3. The number of hydrogen-bond donors (Lipinski definition) is 5. The van der Waals surface area contributed by atoms with Gasteiger partial charge < -0.3 is 30.5 Å². The van der Waals surface area contributed by atoms with Gasteiger partial charge in [-0.2, -0.15) is 13.2 Å². The van der Waals surface area contributed by atoms with E-state index in [2.05, 4.69) is 20.6 Å². The highest BCUT2D eigenvalue weighted by Gasteiger charge is 2.43. The third-order valence-electron chi connectivity index (χ3n) is 5.55. The van der Waals surface area contributed by atoms with Crippen LogP contribution < -0.4 is 20.7 Å². The van der Waals surface area contributed by atoms with Gasteiger partial charge in [-0.15, -0.1) is 0 Å². The Morgan fingerprint density at radius 1 is 1.31 bits per heavy atom. The number of allylic oxidation sites excluding steroid dienone is 1. The molecule has 2 unspecified atom stereocenters. The van der Waals surface area contributed by atoms with Crippen LogP contribution in [0.15, 0.2) is 36.1 Å². The summed E-state index contributed by atoms with van der Waals surface area (Å²) in [5.74, 6) is -0.363. The van der Waals surface area contributed by atoms with E-state index < -0.39 is 43.4 Å². The second-order valence-corrected chi connectivity index (χ2v) is 8.12. The van der Waals surface area contributed by atoms with E-state index in [-0.39, 0.29) is 24.3 Å². The highest BCUT2D eigenvalue weighted by atomic mass is 19.4. The van der Waals surface area contributed by atoms with Gasteiger partial charge >= 0.3 is 12.2 Å². The predicted octanol–water partition coefficient (Wildman–Crippen LogP) is -0.494. The van der Waals surface area contributed by atoms with E-state index in [0.29, 0.717) is 31.0 Å². The molecule has 15 heteroatoms. The molecule has 0 aliphatic carbocycles. The minimum atomic E-state index is -4.54. The first-order chi connectivity index (χ1) is 16.6. The van der Waals surface area contributed by atoms with Crippen LogP contribution in [0.5, 0.6) is 5.88 Å². The fraction of sp³-hybridized carbons (Fsp3) is 0.500. The number of nitrogens with zero attached hydrogens (tertiary/aromatic N) is 4. The number of rotatable bonds is 7. The standard InChI is InChI=1S/C20H24F3N7O5/c21-20(22,23)10-26-18(33)13-1-2-14-17(27-13)30(11-3-4-29(14)7-11)19(34)28-15-5-25-16(6-24-15)35-9-12(32)8-31/h1-2,5-6,11-13,27,31-32H,3-4,7-10H2,(H,26,33)(H,24,28,34)/t11?,12-,13?/m1/s1. The Morgan fingerprint density at radius 3 is 2.80 bits per heavy atom. The minimum Gasteiger partial charge on any atom is -0.474 e. The molecule has 5 N–H and O–H groups in total. The number of halogens is 3. The van der Waals surface area contributed by atoms with Crippen molar-refractivity contribution in [1.82, 2.24) is 30.4 Å². The summed E-state index contributed by atoms with van der Waals surface area (Å²) >= 11 is 0. The molecule has 35 heavy (non-hydrogen) atoms. The first-order valence-corrected chi connectivity index (χ1v) is 10.8. The number of fused-ring (bicyclic) bond motifs is 3. The van der Waals surface area contributed by atoms with Crippen LogP contribution in [0.1, 0.15) is 6.42 Å². The monoisotopic (exact) mass is 499 g/mol. The predicted molar refractivity (Wildman–Crippen MR) is 114 cm³/mol. The summed E-state index contributed by atoms with van der Waals surface area (Å²) in [5.41, 5.74) is 0.658. The van der Waals surface area contributed by atoms with Crippen LogP contribution in [0.3, 0.4) is 0 Å². The van der Waals surface area contributed by atoms with Gasteiger partial charge in [0.25, 0.3) is 0 Å². The van der Waals surface area contributed by atoms with Crippen molar-refractivity contribution < 1.29 is 37.7 Å². The van der Waals surface area contributed by atoms with Crippen molar-refractivity contribution in [1.29, 1.82) is 0 Å². The van der Waals surface area contributed by atoms with E-state index in [4.69, 9.17) is 9.84 Å². The molecule has 0 spiro atoms. The van der Waals surface area contributed by atoms with Crippen LogP contribution in [0.25, 0.3) is 0 Å². The third kappa shape index (κ3) is 5.74. The molecule has 190 valence electrons. The number of aliphatic hydroxyl groups is 2. The average Bonchev–Trinajstić information content (AvgIpc) is 3.25. The Kier molecular flexibility index (Phi) is 6.98. The molecule has 0 aromatic carbocycles. The van der Waals surface area contributed by atoms with Crippen molar-refractivity contribution in [2.24, 2.45) is 0 Å². The molecular formula is C20H24F3N7O5. The number of carbonyl (C=O) groups excluding carboxylic acids is 2. The molecule has 3 atom stereocenters. The summed E-state index contributed by atoms with van der Waals surface area (Å²) in [4.78, 5) is 37.0. The van der Waals surface area contributed by atoms with Gasteiger partial charge in [-0.05, 0) is 12.5 Å². The lowest BCUT2D eigenvalue weighted by Gasteiger charge is -2.40. The van der Waals surface area contributed by atoms with Gasteiger partial charge in [0.1, 0.15) is 31.1 Å². The first kappa shape index (κ1) is 24.5. The Morgan fingerprint density at radius 2 is 2.11 bits per heavy atom. The van der Waals surface area contributed by atoms with Gasteiger partial charge in [-0.1, -0.05) is 6.08 Å². The molecular weight excluding hydrogens is 475 g/mol. The number of dihydropyridines is 1. The number of ether oxygens (including phenoxy) is 1. The number of amides is 3. The molecule has 1 fully saturated rings. The topological polar surface area (TPSA) is 152 Å². The second kappa shape index (κ2) is 9.95. The Balaban J connectivity index is 1.44. The molecule has 1 aromatic rings. The molecule has 3 amide bonds. The van der Waals surface area contributed by atoms with Gasteiger partial charge in [-0.25, -0.2) is 14.8 Å². The minimum absolute atomic E-state index is 0.0803. The maximum atomic E-state index is 13.2. The molecule has 1 saturated heterocycles. The van der Waals surface area contributed by atoms with Crippen molar-refractivity contribution in [2.75, 3.05) is 38.2 Å². The van der Waals surface area contributed by atoms with Gasteiger partial charge in [0.05, 0.1) is 30.7 Å². The van der Waals surface area contributed by atoms with Gasteiger partial charge in [0.2, 0.25) is 11.8 Å². The lowest BCUT2D eigenvalue weighted by atomic mass is 10.1. The number of carbonyl (C=O) groups is 2. The summed E-state index contributed by atoms with van der Waals surface area (Å²) in [5, 5.41) is 25.5. The van der Waals surface area contributed by atoms with Crippen molar-refractivity contribution in [3.63, 3.8) is 0 Å². The number of hydrogen-bond acceptors (Lipinski definition) is 9. The Labute approximate surface area is 197 Å². The summed E-state index contributed by atoms with van der Waals surface area (Å²) in [6.07, 6.45) is 0.614. The zero-order valence-corrected chi connectivity index (χ0v) is 18.3. The molecule has 2 bridgehead atoms. The summed E-state index contributed by atoms with van der Waals surface area (Å²) in [7, 11) is 0. The van der Waals surface area contributed by atoms with E-state index in [9.17, 15) is 27.9 Å². The van der Waals surface area contributed by atoms with Crippen molar-refractivity contribution in [3.8, 4) is 5.88 Å². The van der Waals surface area contributed by atoms with E-state index in [1.807, 2.05) is 10.2 Å². The van der Waals surface area contributed by atoms with Crippen LogP contribution >= 0.6 is 0 Å². The summed E-state index contributed by atoms with van der Waals surface area (Å²) in [6.45, 7) is -0.872. The Hall–Kier alpha value is -3.59. The fourth-order valence-corrected chi connectivity index (χ4v) is 3.91. The summed E-state index contributed by atoms with van der Waals surface area (Å²) < 4.78 is 42.6. The second-order valence-electron chi connectivity index (χ2n) is 8.12. The van der Waals surface area contributed by atoms with Crippen molar-refractivity contribution in [3.05, 3.63) is 36.1 Å².